The minimum absolute atomic E-state index is 0.0991. The van der Waals surface area contributed by atoms with Gasteiger partial charge in [-0.25, -0.2) is 0 Å². The molecule has 0 saturated heterocycles. The average molecular weight is 410 g/mol. The molecule has 4 N–H and O–H groups in total. The highest BCUT2D eigenvalue weighted by molar-refractivity contribution is 7.98. The van der Waals surface area contributed by atoms with Crippen molar-refractivity contribution in [2.24, 2.45) is 5.73 Å². The molecule has 0 aromatic heterocycles. The molecule has 0 aliphatic carbocycles. The molecular weight excluding hydrogens is 382 g/mol. The van der Waals surface area contributed by atoms with Gasteiger partial charge < -0.3 is 16.4 Å². The predicted molar refractivity (Wildman–Crippen MR) is 120 cm³/mol. The van der Waals surface area contributed by atoms with Crippen molar-refractivity contribution < 1.29 is 9.59 Å². The number of rotatable bonds is 8. The van der Waals surface area contributed by atoms with Crippen molar-refractivity contribution in [1.29, 1.82) is 0 Å². The second kappa shape index (κ2) is 10.3. The normalized spacial score (nSPS) is 16.2. The molecule has 0 bridgehead atoms. The number of benzene rings is 2. The van der Waals surface area contributed by atoms with Crippen molar-refractivity contribution in [3.05, 3.63) is 65.7 Å². The van der Waals surface area contributed by atoms with Gasteiger partial charge in [0.1, 0.15) is 0 Å². The predicted octanol–water partition coefficient (Wildman–Crippen LogP) is 4.06. The summed E-state index contributed by atoms with van der Waals surface area (Å²) in [6.07, 6.45) is 7.40. The maximum absolute atomic E-state index is 12.3. The maximum Gasteiger partial charge on any atom is 0.250 e. The van der Waals surface area contributed by atoms with E-state index in [0.29, 0.717) is 23.7 Å². The number of thioether (sulfide) groups is 1. The number of nitrogens with two attached hydrogens (primary N) is 1. The molecule has 2 aromatic rings. The first-order chi connectivity index (χ1) is 14.1. The van der Waals surface area contributed by atoms with Crippen LogP contribution in [0.4, 0.5) is 5.69 Å². The van der Waals surface area contributed by atoms with Crippen LogP contribution in [0.1, 0.15) is 41.6 Å². The van der Waals surface area contributed by atoms with Gasteiger partial charge in [0, 0.05) is 23.9 Å². The van der Waals surface area contributed by atoms with Crippen molar-refractivity contribution in [3.8, 4) is 0 Å². The zero-order chi connectivity index (χ0) is 20.6. The molecular formula is C23H27N3O2S. The number of carbonyl (C=O) groups is 2. The highest BCUT2D eigenvalue weighted by Gasteiger charge is 2.17. The minimum atomic E-state index is -0.544. The molecule has 6 heteroatoms. The summed E-state index contributed by atoms with van der Waals surface area (Å²) in [5.74, 6) is -0.643. The highest BCUT2D eigenvalue weighted by atomic mass is 32.2. The second-order valence-corrected chi connectivity index (χ2v) is 8.00. The molecule has 152 valence electrons. The summed E-state index contributed by atoms with van der Waals surface area (Å²) in [6.45, 7) is 0.850. The van der Waals surface area contributed by atoms with Gasteiger partial charge in [0.05, 0.1) is 11.3 Å². The van der Waals surface area contributed by atoms with Gasteiger partial charge in [0.15, 0.2) is 0 Å². The van der Waals surface area contributed by atoms with Crippen LogP contribution in [0.3, 0.4) is 0 Å². The Labute approximate surface area is 176 Å². The van der Waals surface area contributed by atoms with Crippen molar-refractivity contribution in [3.63, 3.8) is 0 Å². The summed E-state index contributed by atoms with van der Waals surface area (Å²) in [4.78, 5) is 25.0. The Balaban J connectivity index is 1.47. The molecule has 1 aliphatic rings. The van der Waals surface area contributed by atoms with E-state index < -0.39 is 5.91 Å². The van der Waals surface area contributed by atoms with E-state index in [1.54, 1.807) is 36.0 Å². The molecule has 0 radical (unpaired) electrons. The maximum atomic E-state index is 12.3. The number of hydrogen-bond acceptors (Lipinski definition) is 4. The smallest absolute Gasteiger partial charge is 0.250 e. The third-order valence-electron chi connectivity index (χ3n) is 5.11. The van der Waals surface area contributed by atoms with Gasteiger partial charge in [-0.1, -0.05) is 30.3 Å². The lowest BCUT2D eigenvalue weighted by atomic mass is 9.93. The van der Waals surface area contributed by atoms with Gasteiger partial charge in [-0.2, -0.15) is 0 Å². The first kappa shape index (κ1) is 21.1. The van der Waals surface area contributed by atoms with E-state index in [1.165, 1.54) is 16.0 Å². The molecule has 5 nitrogen and oxygen atoms in total. The summed E-state index contributed by atoms with van der Waals surface area (Å²) >= 11 is 1.75. The SMILES string of the molecule is CSc1ccc(C2=CCNC(CCCC(=O)Nc3ccccc3C(N)=O)C2)cc1. The van der Waals surface area contributed by atoms with E-state index in [1.807, 2.05) is 0 Å². The number of carbonyl (C=O) groups excluding carboxylic acids is 2. The van der Waals surface area contributed by atoms with Crippen LogP contribution in [0, 0.1) is 0 Å². The standard InChI is InChI=1S/C23H27N3O2S/c1-29-19-11-9-16(10-12-19)17-13-14-25-18(15-17)5-4-8-22(27)26-21-7-3-2-6-20(21)23(24)28/h2-3,6-7,9-13,18,25H,4-5,8,14-15H2,1H3,(H2,24,28)(H,26,27). The molecule has 0 saturated carbocycles. The zero-order valence-corrected chi connectivity index (χ0v) is 17.4. The average Bonchev–Trinajstić information content (AvgIpc) is 2.74. The lowest BCUT2D eigenvalue weighted by molar-refractivity contribution is -0.116. The summed E-state index contributed by atoms with van der Waals surface area (Å²) in [6, 6.07) is 15.9. The first-order valence-corrected chi connectivity index (χ1v) is 11.0. The van der Waals surface area contributed by atoms with Gasteiger partial charge in [-0.3, -0.25) is 9.59 Å². The van der Waals surface area contributed by atoms with Gasteiger partial charge in [-0.15, -0.1) is 11.8 Å². The van der Waals surface area contributed by atoms with Crippen LogP contribution >= 0.6 is 11.8 Å². The summed E-state index contributed by atoms with van der Waals surface area (Å²) in [7, 11) is 0. The molecule has 1 unspecified atom stereocenters. The number of nitrogens with one attached hydrogen (secondary N) is 2. The Morgan fingerprint density at radius 1 is 1.17 bits per heavy atom. The molecule has 2 aromatic carbocycles. The molecule has 1 aliphatic heterocycles. The topological polar surface area (TPSA) is 84.2 Å². The van der Waals surface area contributed by atoms with Gasteiger partial charge >= 0.3 is 0 Å². The van der Waals surface area contributed by atoms with Crippen LogP contribution in [0.25, 0.3) is 5.57 Å². The zero-order valence-electron chi connectivity index (χ0n) is 16.6. The fourth-order valence-electron chi connectivity index (χ4n) is 3.54. The van der Waals surface area contributed by atoms with Crippen LogP contribution in [-0.2, 0) is 4.79 Å². The Hall–Kier alpha value is -2.57. The summed E-state index contributed by atoms with van der Waals surface area (Å²) in [5, 5.41) is 6.32. The minimum Gasteiger partial charge on any atom is -0.366 e. The number of hydrogen-bond donors (Lipinski definition) is 3. The van der Waals surface area contributed by atoms with E-state index in [-0.39, 0.29) is 5.91 Å². The Morgan fingerprint density at radius 2 is 1.93 bits per heavy atom. The van der Waals surface area contributed by atoms with E-state index in [4.69, 9.17) is 5.73 Å². The van der Waals surface area contributed by atoms with E-state index >= 15 is 0 Å². The van der Waals surface area contributed by atoms with Gasteiger partial charge in [0.2, 0.25) is 5.91 Å². The second-order valence-electron chi connectivity index (χ2n) is 7.12. The van der Waals surface area contributed by atoms with Gasteiger partial charge in [0.25, 0.3) is 5.91 Å². The fraction of sp³-hybridized carbons (Fsp3) is 0.304. The third kappa shape index (κ3) is 5.95. The molecule has 3 rings (SSSR count). The lowest BCUT2D eigenvalue weighted by Gasteiger charge is -2.24. The number of anilines is 1. The monoisotopic (exact) mass is 409 g/mol. The highest BCUT2D eigenvalue weighted by Crippen LogP contribution is 2.26. The molecule has 1 atom stereocenters. The number of amides is 2. The molecule has 2 amide bonds. The quantitative estimate of drug-likeness (QED) is 0.574. The summed E-state index contributed by atoms with van der Waals surface area (Å²) in [5.41, 5.74) is 8.80. The largest absolute Gasteiger partial charge is 0.366 e. The number of para-hydroxylation sites is 1. The van der Waals surface area contributed by atoms with Crippen LogP contribution in [0.15, 0.2) is 59.5 Å². The van der Waals surface area contributed by atoms with Crippen LogP contribution < -0.4 is 16.4 Å². The molecule has 1 heterocycles. The Kier molecular flexibility index (Phi) is 7.49. The molecule has 29 heavy (non-hydrogen) atoms. The van der Waals surface area contributed by atoms with E-state index in [0.717, 1.165) is 25.8 Å². The first-order valence-electron chi connectivity index (χ1n) is 9.82. The van der Waals surface area contributed by atoms with Crippen molar-refractivity contribution in [2.75, 3.05) is 18.1 Å². The number of primary amides is 1. The molecule has 0 spiro atoms. The summed E-state index contributed by atoms with van der Waals surface area (Å²) < 4.78 is 0. The van der Waals surface area contributed by atoms with E-state index in [2.05, 4.69) is 47.2 Å². The van der Waals surface area contributed by atoms with Crippen molar-refractivity contribution in [1.82, 2.24) is 5.32 Å². The van der Waals surface area contributed by atoms with Crippen LogP contribution in [0.5, 0.6) is 0 Å². The fourth-order valence-corrected chi connectivity index (χ4v) is 3.95. The van der Waals surface area contributed by atoms with Gasteiger partial charge in [-0.05, 0) is 60.9 Å². The Bertz CT molecular complexity index is 893. The van der Waals surface area contributed by atoms with Crippen LogP contribution in [0.2, 0.25) is 0 Å². The van der Waals surface area contributed by atoms with Crippen LogP contribution in [-0.4, -0.2) is 30.7 Å². The van der Waals surface area contributed by atoms with Crippen molar-refractivity contribution in [2.45, 2.75) is 36.6 Å². The third-order valence-corrected chi connectivity index (χ3v) is 5.85. The lowest BCUT2D eigenvalue weighted by Crippen LogP contribution is -2.33. The Morgan fingerprint density at radius 3 is 2.66 bits per heavy atom. The van der Waals surface area contributed by atoms with E-state index in [9.17, 15) is 9.59 Å². The molecule has 0 fully saturated rings. The van der Waals surface area contributed by atoms with Crippen molar-refractivity contribution >= 4 is 34.8 Å².